The van der Waals surface area contributed by atoms with Crippen molar-refractivity contribution in [3.05, 3.63) is 24.0 Å². The van der Waals surface area contributed by atoms with Gasteiger partial charge < -0.3 is 10.8 Å². The molecule has 0 saturated heterocycles. The average Bonchev–Trinajstić information content (AvgIpc) is 2.04. The lowest BCUT2D eigenvalue weighted by Crippen LogP contribution is -2.13. The Hall–Kier alpha value is -1.42. The van der Waals surface area contributed by atoms with Crippen molar-refractivity contribution in [3.8, 4) is 5.75 Å². The van der Waals surface area contributed by atoms with Gasteiger partial charge in [0.25, 0.3) is 0 Å². The molecular weight excluding hydrogens is 144 g/mol. The third kappa shape index (κ3) is 1.53. The van der Waals surface area contributed by atoms with Gasteiger partial charge in [-0.05, 0) is 6.07 Å². The molecule has 58 valence electrons. The van der Waals surface area contributed by atoms with Gasteiger partial charge in [0.05, 0.1) is 18.3 Å². The van der Waals surface area contributed by atoms with Crippen LogP contribution in [0.4, 0.5) is 0 Å². The molecule has 0 fully saturated rings. The summed E-state index contributed by atoms with van der Waals surface area (Å²) in [4.78, 5) is 14.5. The van der Waals surface area contributed by atoms with Crippen molar-refractivity contribution in [3.63, 3.8) is 0 Å². The SMILES string of the molecule is NCC(=O)c1ccncc1O. The predicted molar refractivity (Wildman–Crippen MR) is 39.3 cm³/mol. The lowest BCUT2D eigenvalue weighted by molar-refractivity contribution is 0.0998. The van der Waals surface area contributed by atoms with E-state index < -0.39 is 0 Å². The van der Waals surface area contributed by atoms with E-state index in [1.54, 1.807) is 0 Å². The number of carbonyl (C=O) groups is 1. The first kappa shape index (κ1) is 7.68. The molecule has 4 heteroatoms. The minimum Gasteiger partial charge on any atom is -0.506 e. The maximum absolute atomic E-state index is 10.9. The fourth-order valence-corrected chi connectivity index (χ4v) is 0.732. The Balaban J connectivity index is 3.03. The quantitative estimate of drug-likeness (QED) is 0.581. The Bertz CT molecular complexity index is 273. The van der Waals surface area contributed by atoms with Gasteiger partial charge in [-0.3, -0.25) is 9.78 Å². The van der Waals surface area contributed by atoms with Crippen LogP contribution < -0.4 is 5.73 Å². The molecule has 1 heterocycles. The topological polar surface area (TPSA) is 76.2 Å². The average molecular weight is 152 g/mol. The Morgan fingerprint density at radius 1 is 1.73 bits per heavy atom. The van der Waals surface area contributed by atoms with Crippen LogP contribution in [0.15, 0.2) is 18.5 Å². The molecule has 1 rings (SSSR count). The highest BCUT2D eigenvalue weighted by molar-refractivity contribution is 5.99. The maximum Gasteiger partial charge on any atom is 0.180 e. The number of nitrogens with zero attached hydrogens (tertiary/aromatic N) is 1. The van der Waals surface area contributed by atoms with Crippen LogP contribution in [0.2, 0.25) is 0 Å². The Labute approximate surface area is 63.7 Å². The standard InChI is InChI=1S/C7H8N2O2/c8-3-6(10)5-1-2-9-4-7(5)11/h1-2,4,11H,3,8H2. The van der Waals surface area contributed by atoms with Gasteiger partial charge in [-0.2, -0.15) is 0 Å². The number of hydrogen-bond donors (Lipinski definition) is 2. The molecule has 0 unspecified atom stereocenters. The Morgan fingerprint density at radius 3 is 3.00 bits per heavy atom. The molecule has 0 bridgehead atoms. The van der Waals surface area contributed by atoms with E-state index >= 15 is 0 Å². The summed E-state index contributed by atoms with van der Waals surface area (Å²) in [6, 6.07) is 1.44. The molecule has 0 aliphatic rings. The van der Waals surface area contributed by atoms with Gasteiger partial charge in [-0.1, -0.05) is 0 Å². The van der Waals surface area contributed by atoms with Crippen LogP contribution in [-0.2, 0) is 0 Å². The van der Waals surface area contributed by atoms with Gasteiger partial charge in [0, 0.05) is 6.20 Å². The number of carbonyl (C=O) groups excluding carboxylic acids is 1. The fourth-order valence-electron chi connectivity index (χ4n) is 0.732. The zero-order chi connectivity index (χ0) is 8.27. The highest BCUT2D eigenvalue weighted by atomic mass is 16.3. The first-order chi connectivity index (χ1) is 5.25. The van der Waals surface area contributed by atoms with Gasteiger partial charge in [-0.25, -0.2) is 0 Å². The van der Waals surface area contributed by atoms with E-state index in [1.807, 2.05) is 0 Å². The van der Waals surface area contributed by atoms with E-state index in [0.717, 1.165) is 0 Å². The minimum atomic E-state index is -0.287. The molecule has 4 nitrogen and oxygen atoms in total. The largest absolute Gasteiger partial charge is 0.506 e. The number of hydrogen-bond acceptors (Lipinski definition) is 4. The number of pyridine rings is 1. The summed E-state index contributed by atoms with van der Waals surface area (Å²) in [5.41, 5.74) is 5.32. The second-order valence-corrected chi connectivity index (χ2v) is 2.02. The minimum absolute atomic E-state index is 0.0996. The number of aromatic nitrogens is 1. The van der Waals surface area contributed by atoms with E-state index in [4.69, 9.17) is 10.8 Å². The summed E-state index contributed by atoms with van der Waals surface area (Å²) in [5.74, 6) is -0.409. The van der Waals surface area contributed by atoms with E-state index in [-0.39, 0.29) is 23.6 Å². The normalized spacial score (nSPS) is 9.55. The van der Waals surface area contributed by atoms with E-state index in [9.17, 15) is 4.79 Å². The van der Waals surface area contributed by atoms with Crippen molar-refractivity contribution in [2.75, 3.05) is 6.54 Å². The smallest absolute Gasteiger partial charge is 0.180 e. The molecule has 1 aromatic rings. The summed E-state index contributed by atoms with van der Waals surface area (Å²) in [6.07, 6.45) is 2.64. The summed E-state index contributed by atoms with van der Waals surface area (Å²) >= 11 is 0. The third-order valence-corrected chi connectivity index (χ3v) is 1.29. The number of Topliss-reactive ketones (excluding diaryl/α,β-unsaturated/α-hetero) is 1. The maximum atomic E-state index is 10.9. The summed E-state index contributed by atoms with van der Waals surface area (Å²) < 4.78 is 0. The molecule has 0 atom stereocenters. The molecule has 0 aliphatic heterocycles. The highest BCUT2D eigenvalue weighted by Crippen LogP contribution is 2.13. The van der Waals surface area contributed by atoms with Crippen LogP contribution in [0.5, 0.6) is 5.75 Å². The van der Waals surface area contributed by atoms with Gasteiger partial charge >= 0.3 is 0 Å². The number of rotatable bonds is 2. The molecule has 0 radical (unpaired) electrons. The molecule has 0 saturated carbocycles. The summed E-state index contributed by atoms with van der Waals surface area (Å²) in [7, 11) is 0. The van der Waals surface area contributed by atoms with Crippen molar-refractivity contribution in [1.29, 1.82) is 0 Å². The van der Waals surface area contributed by atoms with Crippen molar-refractivity contribution < 1.29 is 9.90 Å². The van der Waals surface area contributed by atoms with Crippen LogP contribution in [0.1, 0.15) is 10.4 Å². The zero-order valence-electron chi connectivity index (χ0n) is 5.82. The first-order valence-electron chi connectivity index (χ1n) is 3.12. The van der Waals surface area contributed by atoms with Crippen molar-refractivity contribution in [2.24, 2.45) is 5.73 Å². The van der Waals surface area contributed by atoms with Gasteiger partial charge in [0.1, 0.15) is 5.75 Å². The zero-order valence-corrected chi connectivity index (χ0v) is 5.82. The van der Waals surface area contributed by atoms with Crippen LogP contribution in [-0.4, -0.2) is 22.4 Å². The summed E-state index contributed by atoms with van der Waals surface area (Å²) in [6.45, 7) is -0.0996. The number of aromatic hydroxyl groups is 1. The van der Waals surface area contributed by atoms with Crippen LogP contribution in [0.25, 0.3) is 0 Å². The van der Waals surface area contributed by atoms with Crippen molar-refractivity contribution in [2.45, 2.75) is 0 Å². The number of ketones is 1. The Kier molecular flexibility index (Phi) is 2.18. The van der Waals surface area contributed by atoms with E-state index in [2.05, 4.69) is 4.98 Å². The van der Waals surface area contributed by atoms with Crippen LogP contribution >= 0.6 is 0 Å². The lowest BCUT2D eigenvalue weighted by Gasteiger charge is -1.98. The van der Waals surface area contributed by atoms with Gasteiger partial charge in [-0.15, -0.1) is 0 Å². The molecule has 11 heavy (non-hydrogen) atoms. The van der Waals surface area contributed by atoms with E-state index in [1.165, 1.54) is 18.5 Å². The Morgan fingerprint density at radius 2 is 2.45 bits per heavy atom. The van der Waals surface area contributed by atoms with Crippen molar-refractivity contribution in [1.82, 2.24) is 4.98 Å². The predicted octanol–water partition coefficient (Wildman–Crippen LogP) is -0.0714. The fraction of sp³-hybridized carbons (Fsp3) is 0.143. The lowest BCUT2D eigenvalue weighted by atomic mass is 10.1. The second-order valence-electron chi connectivity index (χ2n) is 2.02. The monoisotopic (exact) mass is 152 g/mol. The number of nitrogens with two attached hydrogens (primary N) is 1. The molecule has 0 spiro atoms. The van der Waals surface area contributed by atoms with E-state index in [0.29, 0.717) is 0 Å². The highest BCUT2D eigenvalue weighted by Gasteiger charge is 2.07. The molecular formula is C7H8N2O2. The molecule has 0 aliphatic carbocycles. The molecule has 0 amide bonds. The second kappa shape index (κ2) is 3.12. The molecule has 3 N–H and O–H groups in total. The van der Waals surface area contributed by atoms with Crippen LogP contribution in [0.3, 0.4) is 0 Å². The van der Waals surface area contributed by atoms with Gasteiger partial charge in [0.15, 0.2) is 5.78 Å². The molecule has 1 aromatic heterocycles. The third-order valence-electron chi connectivity index (χ3n) is 1.29. The van der Waals surface area contributed by atoms with Crippen LogP contribution in [0, 0.1) is 0 Å². The molecule has 0 aromatic carbocycles. The first-order valence-corrected chi connectivity index (χ1v) is 3.12. The van der Waals surface area contributed by atoms with Crippen molar-refractivity contribution >= 4 is 5.78 Å². The summed E-state index contributed by atoms with van der Waals surface area (Å²) in [5, 5.41) is 9.07. The van der Waals surface area contributed by atoms with Gasteiger partial charge in [0.2, 0.25) is 0 Å².